The summed E-state index contributed by atoms with van der Waals surface area (Å²) in [5, 5.41) is 0. The third-order valence-corrected chi connectivity index (χ3v) is 3.74. The standard InChI is InChI=1S/C17H18FN3O5/c1-3-8-21-14(19)13(15(23)20(2)17(21)25)12(22)9-26-16(24)10-6-4-5-7-11(10)18/h4-7H,3,8-9,19H2,1-2H3. The molecule has 0 radical (unpaired) electrons. The third kappa shape index (κ3) is 3.56. The smallest absolute Gasteiger partial charge is 0.341 e. The van der Waals surface area contributed by atoms with Crippen molar-refractivity contribution in [2.24, 2.45) is 7.05 Å². The number of nitrogens with two attached hydrogens (primary N) is 1. The Morgan fingerprint density at radius 3 is 2.50 bits per heavy atom. The Bertz CT molecular complexity index is 977. The van der Waals surface area contributed by atoms with Crippen LogP contribution >= 0.6 is 0 Å². The molecule has 0 spiro atoms. The first kappa shape index (κ1) is 19.1. The number of nitrogens with zero attached hydrogens (tertiary/aromatic N) is 2. The van der Waals surface area contributed by atoms with Gasteiger partial charge < -0.3 is 10.5 Å². The van der Waals surface area contributed by atoms with E-state index in [0.717, 1.165) is 15.2 Å². The van der Waals surface area contributed by atoms with Crippen LogP contribution in [0.3, 0.4) is 0 Å². The van der Waals surface area contributed by atoms with Crippen molar-refractivity contribution in [2.45, 2.75) is 19.9 Å². The van der Waals surface area contributed by atoms with Crippen LogP contribution in [0.4, 0.5) is 10.2 Å². The molecule has 0 saturated heterocycles. The third-order valence-electron chi connectivity index (χ3n) is 3.74. The molecule has 2 rings (SSSR count). The molecule has 8 nitrogen and oxygen atoms in total. The zero-order chi connectivity index (χ0) is 19.4. The zero-order valence-corrected chi connectivity index (χ0v) is 14.3. The quantitative estimate of drug-likeness (QED) is 0.598. The minimum absolute atomic E-state index is 0.216. The van der Waals surface area contributed by atoms with Crippen molar-refractivity contribution in [1.82, 2.24) is 9.13 Å². The molecule has 0 unspecified atom stereocenters. The van der Waals surface area contributed by atoms with E-state index in [1.165, 1.54) is 25.2 Å². The molecule has 0 bridgehead atoms. The number of benzene rings is 1. The van der Waals surface area contributed by atoms with Gasteiger partial charge in [-0.15, -0.1) is 0 Å². The number of hydrogen-bond donors (Lipinski definition) is 1. The van der Waals surface area contributed by atoms with Crippen molar-refractivity contribution in [1.29, 1.82) is 0 Å². The van der Waals surface area contributed by atoms with Gasteiger partial charge >= 0.3 is 11.7 Å². The highest BCUT2D eigenvalue weighted by Crippen LogP contribution is 2.10. The van der Waals surface area contributed by atoms with Gasteiger partial charge in [0.25, 0.3) is 5.56 Å². The lowest BCUT2D eigenvalue weighted by Crippen LogP contribution is -2.43. The van der Waals surface area contributed by atoms with Gasteiger partial charge in [-0.1, -0.05) is 19.1 Å². The van der Waals surface area contributed by atoms with E-state index >= 15 is 0 Å². The van der Waals surface area contributed by atoms with Crippen LogP contribution in [-0.4, -0.2) is 27.5 Å². The average Bonchev–Trinajstić information content (AvgIpc) is 2.62. The van der Waals surface area contributed by atoms with Gasteiger partial charge in [0.05, 0.1) is 5.56 Å². The number of esters is 1. The second-order valence-electron chi connectivity index (χ2n) is 5.54. The fraction of sp³-hybridized carbons (Fsp3) is 0.294. The largest absolute Gasteiger partial charge is 0.454 e. The number of halogens is 1. The molecule has 0 aliphatic rings. The molecular weight excluding hydrogens is 345 g/mol. The van der Waals surface area contributed by atoms with Crippen molar-refractivity contribution in [3.8, 4) is 0 Å². The maximum Gasteiger partial charge on any atom is 0.341 e. The molecule has 138 valence electrons. The molecule has 0 atom stereocenters. The van der Waals surface area contributed by atoms with Crippen LogP contribution in [0.5, 0.6) is 0 Å². The van der Waals surface area contributed by atoms with Gasteiger partial charge in [0.1, 0.15) is 17.2 Å². The highest BCUT2D eigenvalue weighted by Gasteiger charge is 2.23. The molecule has 0 aliphatic carbocycles. The second kappa shape index (κ2) is 7.77. The van der Waals surface area contributed by atoms with Crippen molar-refractivity contribution in [3.05, 3.63) is 62.0 Å². The number of nitrogen functional groups attached to an aromatic ring is 1. The number of anilines is 1. The van der Waals surface area contributed by atoms with E-state index in [4.69, 9.17) is 10.5 Å². The monoisotopic (exact) mass is 363 g/mol. The number of ether oxygens (including phenoxy) is 1. The highest BCUT2D eigenvalue weighted by atomic mass is 19.1. The minimum Gasteiger partial charge on any atom is -0.454 e. The summed E-state index contributed by atoms with van der Waals surface area (Å²) in [6.45, 7) is 1.21. The molecule has 1 aromatic heterocycles. The van der Waals surface area contributed by atoms with E-state index in [0.29, 0.717) is 6.42 Å². The Kier molecular flexibility index (Phi) is 5.71. The number of aromatic nitrogens is 2. The van der Waals surface area contributed by atoms with Gasteiger partial charge in [0.2, 0.25) is 5.78 Å². The predicted octanol–water partition coefficient (Wildman–Crippen LogP) is 0.718. The van der Waals surface area contributed by atoms with Crippen LogP contribution in [0.15, 0.2) is 33.9 Å². The lowest BCUT2D eigenvalue weighted by atomic mass is 10.2. The molecule has 1 aromatic carbocycles. The van der Waals surface area contributed by atoms with Gasteiger partial charge in [-0.25, -0.2) is 14.0 Å². The molecule has 26 heavy (non-hydrogen) atoms. The van der Waals surface area contributed by atoms with Crippen LogP contribution in [0.2, 0.25) is 0 Å². The van der Waals surface area contributed by atoms with Crippen LogP contribution in [0, 0.1) is 5.82 Å². The summed E-state index contributed by atoms with van der Waals surface area (Å²) in [7, 11) is 1.22. The van der Waals surface area contributed by atoms with E-state index < -0.39 is 41.0 Å². The number of Topliss-reactive ketones (excluding diaryl/α,β-unsaturated/α-hetero) is 1. The van der Waals surface area contributed by atoms with Gasteiger partial charge in [-0.3, -0.25) is 18.7 Å². The lowest BCUT2D eigenvalue weighted by Gasteiger charge is -2.13. The molecule has 1 heterocycles. The number of hydrogen-bond acceptors (Lipinski definition) is 6. The van der Waals surface area contributed by atoms with E-state index in [2.05, 4.69) is 0 Å². The first-order valence-electron chi connectivity index (χ1n) is 7.83. The first-order chi connectivity index (χ1) is 12.3. The number of carbonyl (C=O) groups is 2. The van der Waals surface area contributed by atoms with Gasteiger partial charge in [0, 0.05) is 13.6 Å². The summed E-state index contributed by atoms with van der Waals surface area (Å²) in [5.74, 6) is -3.00. The molecular formula is C17H18FN3O5. The summed E-state index contributed by atoms with van der Waals surface area (Å²) in [4.78, 5) is 48.5. The van der Waals surface area contributed by atoms with Gasteiger partial charge in [-0.05, 0) is 18.6 Å². The van der Waals surface area contributed by atoms with E-state index in [-0.39, 0.29) is 17.9 Å². The fourth-order valence-electron chi connectivity index (χ4n) is 2.39. The average molecular weight is 363 g/mol. The van der Waals surface area contributed by atoms with Crippen LogP contribution in [-0.2, 0) is 18.3 Å². The zero-order valence-electron chi connectivity index (χ0n) is 14.3. The second-order valence-corrected chi connectivity index (χ2v) is 5.54. The Balaban J connectivity index is 2.30. The summed E-state index contributed by atoms with van der Waals surface area (Å²) in [6.07, 6.45) is 0.554. The normalized spacial score (nSPS) is 10.6. The Labute approximate surface area is 147 Å². The highest BCUT2D eigenvalue weighted by molar-refractivity contribution is 6.02. The number of ketones is 1. The van der Waals surface area contributed by atoms with E-state index in [1.54, 1.807) is 6.92 Å². The number of rotatable bonds is 6. The van der Waals surface area contributed by atoms with Crippen molar-refractivity contribution in [2.75, 3.05) is 12.3 Å². The van der Waals surface area contributed by atoms with Crippen molar-refractivity contribution < 1.29 is 18.7 Å². The molecule has 0 amide bonds. The SMILES string of the molecule is CCCn1c(N)c(C(=O)COC(=O)c2ccccc2F)c(=O)n(C)c1=O. The van der Waals surface area contributed by atoms with Crippen molar-refractivity contribution in [3.63, 3.8) is 0 Å². The topological polar surface area (TPSA) is 113 Å². The maximum absolute atomic E-state index is 13.6. The summed E-state index contributed by atoms with van der Waals surface area (Å²) in [6, 6.07) is 5.12. The molecule has 2 aromatic rings. The minimum atomic E-state index is -1.05. The molecule has 9 heteroatoms. The predicted molar refractivity (Wildman–Crippen MR) is 91.7 cm³/mol. The van der Waals surface area contributed by atoms with E-state index in [1.807, 2.05) is 0 Å². The van der Waals surface area contributed by atoms with Gasteiger partial charge in [-0.2, -0.15) is 0 Å². The maximum atomic E-state index is 13.6. The molecule has 0 saturated carbocycles. The molecule has 2 N–H and O–H groups in total. The lowest BCUT2D eigenvalue weighted by molar-refractivity contribution is 0.0469. The fourth-order valence-corrected chi connectivity index (χ4v) is 2.39. The number of carbonyl (C=O) groups excluding carboxylic acids is 2. The molecule has 0 aliphatic heterocycles. The summed E-state index contributed by atoms with van der Waals surface area (Å²) >= 11 is 0. The van der Waals surface area contributed by atoms with Crippen molar-refractivity contribution >= 4 is 17.6 Å². The first-order valence-corrected chi connectivity index (χ1v) is 7.83. The van der Waals surface area contributed by atoms with Crippen LogP contribution in [0.25, 0.3) is 0 Å². The summed E-state index contributed by atoms with van der Waals surface area (Å²) < 4.78 is 20.2. The van der Waals surface area contributed by atoms with E-state index in [9.17, 15) is 23.6 Å². The van der Waals surface area contributed by atoms with Crippen LogP contribution < -0.4 is 17.0 Å². The molecule has 0 fully saturated rings. The Morgan fingerprint density at radius 2 is 1.88 bits per heavy atom. The van der Waals surface area contributed by atoms with Crippen LogP contribution in [0.1, 0.15) is 34.1 Å². The Hall–Kier alpha value is -3.23. The summed E-state index contributed by atoms with van der Waals surface area (Å²) in [5.41, 5.74) is 3.51. The Morgan fingerprint density at radius 1 is 1.23 bits per heavy atom. The van der Waals surface area contributed by atoms with Gasteiger partial charge in [0.15, 0.2) is 6.61 Å².